The first kappa shape index (κ1) is 20.3. The van der Waals surface area contributed by atoms with Crippen molar-refractivity contribution in [3.05, 3.63) is 41.0 Å². The quantitative estimate of drug-likeness (QED) is 0.685. The Morgan fingerprint density at radius 2 is 1.96 bits per heavy atom. The minimum absolute atomic E-state index is 0.0153. The van der Waals surface area contributed by atoms with Crippen LogP contribution in [0.2, 0.25) is 0 Å². The van der Waals surface area contributed by atoms with Gasteiger partial charge < -0.3 is 14.6 Å². The lowest BCUT2D eigenvalue weighted by Gasteiger charge is -2.27. The van der Waals surface area contributed by atoms with E-state index >= 15 is 0 Å². The second kappa shape index (κ2) is 9.16. The number of aliphatic hydroxyl groups excluding tert-OH is 1. The molecule has 150 valence electrons. The molecular weight excluding hydrogens is 350 g/mol. The first-order chi connectivity index (χ1) is 13.0. The van der Waals surface area contributed by atoms with Crippen LogP contribution >= 0.6 is 0 Å². The Bertz CT molecular complexity index is 666. The topological polar surface area (TPSA) is 38.7 Å². The van der Waals surface area contributed by atoms with Crippen molar-refractivity contribution in [2.45, 2.75) is 77.1 Å². The number of hydrogen-bond acceptors (Lipinski definition) is 3. The summed E-state index contributed by atoms with van der Waals surface area (Å²) in [6, 6.07) is 1.54. The van der Waals surface area contributed by atoms with Gasteiger partial charge in [-0.05, 0) is 68.6 Å². The van der Waals surface area contributed by atoms with Crippen molar-refractivity contribution in [1.82, 2.24) is 0 Å². The van der Waals surface area contributed by atoms with E-state index in [1.165, 1.54) is 18.9 Å². The van der Waals surface area contributed by atoms with Gasteiger partial charge in [0, 0.05) is 5.56 Å². The van der Waals surface area contributed by atoms with Crippen LogP contribution in [0.25, 0.3) is 0 Å². The Balaban J connectivity index is 1.57. The van der Waals surface area contributed by atoms with Crippen LogP contribution in [0.15, 0.2) is 18.2 Å². The zero-order valence-corrected chi connectivity index (χ0v) is 16.2. The Labute approximate surface area is 160 Å². The molecule has 0 bridgehead atoms. The van der Waals surface area contributed by atoms with Gasteiger partial charge in [0.05, 0.1) is 18.8 Å². The third-order valence-electron chi connectivity index (χ3n) is 5.72. The Morgan fingerprint density at radius 1 is 1.22 bits per heavy atom. The molecule has 1 aromatic rings. The van der Waals surface area contributed by atoms with Crippen molar-refractivity contribution in [3.63, 3.8) is 0 Å². The van der Waals surface area contributed by atoms with Gasteiger partial charge in [0.1, 0.15) is 6.10 Å². The van der Waals surface area contributed by atoms with E-state index in [0.717, 1.165) is 18.8 Å². The van der Waals surface area contributed by atoms with E-state index in [1.807, 2.05) is 12.2 Å². The van der Waals surface area contributed by atoms with Crippen LogP contribution in [-0.2, 0) is 11.2 Å². The molecule has 0 spiro atoms. The average Bonchev–Trinajstić information content (AvgIpc) is 2.69. The minimum atomic E-state index is -1.01. The maximum Gasteiger partial charge on any atom is 0.201 e. The van der Waals surface area contributed by atoms with Crippen LogP contribution in [0.1, 0.15) is 69.6 Å². The van der Waals surface area contributed by atoms with Gasteiger partial charge in [-0.2, -0.15) is 4.39 Å². The summed E-state index contributed by atoms with van der Waals surface area (Å²) in [7, 11) is 0. The fourth-order valence-corrected chi connectivity index (χ4v) is 3.90. The lowest BCUT2D eigenvalue weighted by Crippen LogP contribution is -2.23. The molecule has 1 heterocycles. The maximum atomic E-state index is 14.4. The SMILES string of the molecule is CCC(O)c1cc2c(c(F)c1F)OC(/C=C/COC1CCC(C)CC1)CC2. The standard InChI is InChI=1S/C22H30F2O3/c1-3-19(25)18-13-15-8-11-17(27-22(15)21(24)20(18)23)5-4-12-26-16-9-6-14(2)7-10-16/h4-5,13-14,16-17,19,25H,3,6-12H2,1-2H3/b5-4+. The fraction of sp³-hybridized carbons (Fsp3) is 0.636. The first-order valence-corrected chi connectivity index (χ1v) is 10.1. The predicted octanol–water partition coefficient (Wildman–Crippen LogP) is 5.25. The van der Waals surface area contributed by atoms with Gasteiger partial charge in [-0.25, -0.2) is 4.39 Å². The number of ether oxygens (including phenoxy) is 2. The third kappa shape index (κ3) is 4.88. The van der Waals surface area contributed by atoms with Crippen LogP contribution < -0.4 is 4.74 Å². The van der Waals surface area contributed by atoms with Crippen LogP contribution in [-0.4, -0.2) is 23.9 Å². The molecule has 2 aliphatic rings. The molecule has 0 radical (unpaired) electrons. The molecule has 1 aliphatic heterocycles. The summed E-state index contributed by atoms with van der Waals surface area (Å²) in [5.41, 5.74) is 0.634. The van der Waals surface area contributed by atoms with E-state index in [1.54, 1.807) is 6.92 Å². The Kier molecular flexibility index (Phi) is 6.88. The van der Waals surface area contributed by atoms with E-state index in [9.17, 15) is 13.9 Å². The molecule has 1 N–H and O–H groups in total. The summed E-state index contributed by atoms with van der Waals surface area (Å²) in [4.78, 5) is 0. The monoisotopic (exact) mass is 380 g/mol. The van der Waals surface area contributed by atoms with E-state index in [4.69, 9.17) is 9.47 Å². The molecule has 5 heteroatoms. The summed E-state index contributed by atoms with van der Waals surface area (Å²) >= 11 is 0. The second-order valence-electron chi connectivity index (χ2n) is 7.84. The molecule has 27 heavy (non-hydrogen) atoms. The third-order valence-corrected chi connectivity index (χ3v) is 5.72. The van der Waals surface area contributed by atoms with E-state index < -0.39 is 17.7 Å². The number of aliphatic hydroxyl groups is 1. The molecule has 1 aliphatic carbocycles. The lowest BCUT2D eigenvalue weighted by molar-refractivity contribution is 0.0363. The van der Waals surface area contributed by atoms with Gasteiger partial charge in [0.2, 0.25) is 5.82 Å². The zero-order valence-electron chi connectivity index (χ0n) is 16.2. The van der Waals surface area contributed by atoms with Gasteiger partial charge in [0.25, 0.3) is 0 Å². The first-order valence-electron chi connectivity index (χ1n) is 10.1. The number of benzene rings is 1. The van der Waals surface area contributed by atoms with Crippen molar-refractivity contribution in [2.24, 2.45) is 5.92 Å². The van der Waals surface area contributed by atoms with E-state index in [0.29, 0.717) is 37.5 Å². The number of hydrogen-bond donors (Lipinski definition) is 1. The van der Waals surface area contributed by atoms with Gasteiger partial charge in [-0.1, -0.05) is 19.9 Å². The number of rotatable bonds is 6. The van der Waals surface area contributed by atoms with Crippen molar-refractivity contribution < 1.29 is 23.4 Å². The van der Waals surface area contributed by atoms with Crippen LogP contribution in [0.5, 0.6) is 5.75 Å². The molecule has 1 aromatic carbocycles. The smallest absolute Gasteiger partial charge is 0.201 e. The molecule has 3 rings (SSSR count). The summed E-state index contributed by atoms with van der Waals surface area (Å²) in [5, 5.41) is 9.88. The lowest BCUT2D eigenvalue weighted by atomic mass is 9.89. The molecule has 3 nitrogen and oxygen atoms in total. The van der Waals surface area contributed by atoms with Crippen LogP contribution in [0.4, 0.5) is 8.78 Å². The van der Waals surface area contributed by atoms with Gasteiger partial charge in [0.15, 0.2) is 11.6 Å². The molecule has 0 saturated heterocycles. The summed E-state index contributed by atoms with van der Waals surface area (Å²) in [6.45, 7) is 4.53. The van der Waals surface area contributed by atoms with Crippen molar-refractivity contribution in [2.75, 3.05) is 6.61 Å². The van der Waals surface area contributed by atoms with Crippen LogP contribution in [0.3, 0.4) is 0 Å². The molecular formula is C22H30F2O3. The number of halogens is 2. The zero-order chi connectivity index (χ0) is 19.4. The van der Waals surface area contributed by atoms with Crippen molar-refractivity contribution in [1.29, 1.82) is 0 Å². The maximum absolute atomic E-state index is 14.4. The second-order valence-corrected chi connectivity index (χ2v) is 7.84. The predicted molar refractivity (Wildman–Crippen MR) is 101 cm³/mol. The average molecular weight is 380 g/mol. The minimum Gasteiger partial charge on any atom is -0.483 e. The molecule has 1 saturated carbocycles. The molecule has 0 amide bonds. The highest BCUT2D eigenvalue weighted by Crippen LogP contribution is 2.36. The normalized spacial score (nSPS) is 26.6. The number of aryl methyl sites for hydroxylation is 1. The highest BCUT2D eigenvalue weighted by Gasteiger charge is 2.27. The number of fused-ring (bicyclic) bond motifs is 1. The van der Waals surface area contributed by atoms with E-state index in [2.05, 4.69) is 6.92 Å². The molecule has 2 atom stereocenters. The Morgan fingerprint density at radius 3 is 2.67 bits per heavy atom. The van der Waals surface area contributed by atoms with Gasteiger partial charge >= 0.3 is 0 Å². The summed E-state index contributed by atoms with van der Waals surface area (Å²) in [5.74, 6) is -1.24. The highest BCUT2D eigenvalue weighted by molar-refractivity contribution is 5.42. The van der Waals surface area contributed by atoms with Crippen molar-refractivity contribution >= 4 is 0 Å². The molecule has 1 fully saturated rings. The largest absolute Gasteiger partial charge is 0.483 e. The van der Waals surface area contributed by atoms with Gasteiger partial charge in [-0.15, -0.1) is 0 Å². The summed E-state index contributed by atoms with van der Waals surface area (Å²) < 4.78 is 40.2. The molecule has 2 unspecified atom stereocenters. The van der Waals surface area contributed by atoms with Gasteiger partial charge in [-0.3, -0.25) is 0 Å². The highest BCUT2D eigenvalue weighted by atomic mass is 19.2. The Hall–Kier alpha value is -1.46. The fourth-order valence-electron chi connectivity index (χ4n) is 3.90. The molecule has 0 aromatic heterocycles. The van der Waals surface area contributed by atoms with E-state index in [-0.39, 0.29) is 17.4 Å². The van der Waals surface area contributed by atoms with Crippen LogP contribution in [0, 0.1) is 17.6 Å². The van der Waals surface area contributed by atoms with Crippen molar-refractivity contribution in [3.8, 4) is 5.75 Å². The summed E-state index contributed by atoms with van der Waals surface area (Å²) in [6.07, 6.45) is 9.10.